The molecule has 0 atom stereocenters. The molecule has 112 valence electrons. The highest BCUT2D eigenvalue weighted by Gasteiger charge is 2.15. The molecule has 1 aromatic carbocycles. The maximum absolute atomic E-state index is 12.3. The molecule has 1 amide bonds. The highest BCUT2D eigenvalue weighted by atomic mass is 32.1. The number of thiazole rings is 1. The lowest BCUT2D eigenvalue weighted by Crippen LogP contribution is -2.23. The molecular formula is C15H15N5OS. The van der Waals surface area contributed by atoms with Gasteiger partial charge in [-0.15, -0.1) is 11.3 Å². The van der Waals surface area contributed by atoms with E-state index in [2.05, 4.69) is 20.5 Å². The summed E-state index contributed by atoms with van der Waals surface area (Å²) in [7, 11) is 0. The first-order valence-corrected chi connectivity index (χ1v) is 7.60. The Kier molecular flexibility index (Phi) is 3.88. The Morgan fingerprint density at radius 2 is 2.32 bits per heavy atom. The van der Waals surface area contributed by atoms with E-state index in [1.165, 1.54) is 17.5 Å². The number of nitrogens with one attached hydrogen (secondary N) is 2. The first-order valence-electron chi connectivity index (χ1n) is 6.72. The van der Waals surface area contributed by atoms with E-state index in [-0.39, 0.29) is 5.91 Å². The molecule has 0 spiro atoms. The SMILES string of the molecule is Cc1cccc(-c2[nH]ncc2C(=O)NCc2csc(N)n2)c1. The van der Waals surface area contributed by atoms with Crippen molar-refractivity contribution in [1.29, 1.82) is 0 Å². The molecule has 0 unspecified atom stereocenters. The van der Waals surface area contributed by atoms with Crippen molar-refractivity contribution in [2.45, 2.75) is 13.5 Å². The van der Waals surface area contributed by atoms with Crippen LogP contribution in [0.3, 0.4) is 0 Å². The largest absolute Gasteiger partial charge is 0.375 e. The number of nitrogens with two attached hydrogens (primary N) is 1. The predicted molar refractivity (Wildman–Crippen MR) is 86.5 cm³/mol. The average Bonchev–Trinajstić information content (AvgIpc) is 3.13. The number of carbonyl (C=O) groups excluding carboxylic acids is 1. The average molecular weight is 313 g/mol. The Labute approximate surface area is 131 Å². The zero-order valence-corrected chi connectivity index (χ0v) is 12.8. The molecule has 3 aromatic rings. The first-order chi connectivity index (χ1) is 10.6. The van der Waals surface area contributed by atoms with E-state index >= 15 is 0 Å². The Morgan fingerprint density at radius 1 is 1.45 bits per heavy atom. The smallest absolute Gasteiger partial charge is 0.255 e. The van der Waals surface area contributed by atoms with Gasteiger partial charge >= 0.3 is 0 Å². The second-order valence-electron chi connectivity index (χ2n) is 4.89. The standard InChI is InChI=1S/C15H15N5OS/c1-9-3-2-4-10(5-9)13-12(7-18-20-13)14(21)17-6-11-8-22-15(16)19-11/h2-5,7-8H,6H2,1H3,(H2,16,19)(H,17,21)(H,18,20). The summed E-state index contributed by atoms with van der Waals surface area (Å²) in [5, 5.41) is 12.0. The van der Waals surface area contributed by atoms with Crippen molar-refractivity contribution in [1.82, 2.24) is 20.5 Å². The number of hydrogen-bond acceptors (Lipinski definition) is 5. The first kappa shape index (κ1) is 14.3. The molecule has 0 saturated carbocycles. The Bertz CT molecular complexity index is 808. The van der Waals surface area contributed by atoms with Crippen molar-refractivity contribution in [2.24, 2.45) is 0 Å². The van der Waals surface area contributed by atoms with Crippen LogP contribution in [0.5, 0.6) is 0 Å². The number of benzene rings is 1. The zero-order chi connectivity index (χ0) is 15.5. The van der Waals surface area contributed by atoms with Gasteiger partial charge in [-0.3, -0.25) is 9.89 Å². The van der Waals surface area contributed by atoms with Gasteiger partial charge in [0, 0.05) is 10.9 Å². The minimum Gasteiger partial charge on any atom is -0.375 e. The van der Waals surface area contributed by atoms with E-state index in [1.807, 2.05) is 36.6 Å². The summed E-state index contributed by atoms with van der Waals surface area (Å²) in [4.78, 5) is 16.5. The van der Waals surface area contributed by atoms with Crippen molar-refractivity contribution < 1.29 is 4.79 Å². The van der Waals surface area contributed by atoms with Gasteiger partial charge in [-0.25, -0.2) is 4.98 Å². The summed E-state index contributed by atoms with van der Waals surface area (Å²) < 4.78 is 0. The molecule has 7 heteroatoms. The van der Waals surface area contributed by atoms with Crippen molar-refractivity contribution in [3.8, 4) is 11.3 Å². The number of nitrogen functional groups attached to an aromatic ring is 1. The van der Waals surface area contributed by atoms with Crippen LogP contribution in [0.2, 0.25) is 0 Å². The predicted octanol–water partition coefficient (Wildman–Crippen LogP) is 2.35. The summed E-state index contributed by atoms with van der Waals surface area (Å²) in [5.74, 6) is -0.197. The van der Waals surface area contributed by atoms with Crippen LogP contribution in [0.1, 0.15) is 21.6 Å². The van der Waals surface area contributed by atoms with Crippen LogP contribution in [0.25, 0.3) is 11.3 Å². The fraction of sp³-hybridized carbons (Fsp3) is 0.133. The number of carbonyl (C=O) groups is 1. The maximum Gasteiger partial charge on any atom is 0.255 e. The maximum atomic E-state index is 12.3. The van der Waals surface area contributed by atoms with Gasteiger partial charge in [-0.2, -0.15) is 5.10 Å². The van der Waals surface area contributed by atoms with E-state index in [9.17, 15) is 4.79 Å². The zero-order valence-electron chi connectivity index (χ0n) is 12.0. The Balaban J connectivity index is 1.78. The van der Waals surface area contributed by atoms with Crippen LogP contribution in [0.4, 0.5) is 5.13 Å². The highest BCUT2D eigenvalue weighted by Crippen LogP contribution is 2.22. The quantitative estimate of drug-likeness (QED) is 0.689. The number of H-pyrrole nitrogens is 1. The molecule has 0 aliphatic heterocycles. The third kappa shape index (κ3) is 2.99. The van der Waals surface area contributed by atoms with Gasteiger partial charge in [0.05, 0.1) is 29.7 Å². The van der Waals surface area contributed by atoms with Gasteiger partial charge in [0.15, 0.2) is 5.13 Å². The number of amides is 1. The fourth-order valence-electron chi connectivity index (χ4n) is 2.15. The van der Waals surface area contributed by atoms with Crippen LogP contribution >= 0.6 is 11.3 Å². The lowest BCUT2D eigenvalue weighted by molar-refractivity contribution is 0.0951. The van der Waals surface area contributed by atoms with Gasteiger partial charge in [-0.1, -0.05) is 23.8 Å². The Morgan fingerprint density at radius 3 is 3.05 bits per heavy atom. The third-order valence-electron chi connectivity index (χ3n) is 3.19. The summed E-state index contributed by atoms with van der Waals surface area (Å²) >= 11 is 1.35. The molecule has 0 bridgehead atoms. The van der Waals surface area contributed by atoms with E-state index < -0.39 is 0 Å². The lowest BCUT2D eigenvalue weighted by Gasteiger charge is -2.05. The molecule has 0 aliphatic carbocycles. The van der Waals surface area contributed by atoms with Crippen molar-refractivity contribution >= 4 is 22.4 Å². The lowest BCUT2D eigenvalue weighted by atomic mass is 10.1. The molecular weight excluding hydrogens is 298 g/mol. The van der Waals surface area contributed by atoms with Crippen LogP contribution in [0, 0.1) is 6.92 Å². The summed E-state index contributed by atoms with van der Waals surface area (Å²) in [6.07, 6.45) is 1.53. The fourth-order valence-corrected chi connectivity index (χ4v) is 2.71. The van der Waals surface area contributed by atoms with E-state index in [4.69, 9.17) is 5.73 Å². The molecule has 0 radical (unpaired) electrons. The number of rotatable bonds is 4. The number of aromatic nitrogens is 3. The number of anilines is 1. The minimum absolute atomic E-state index is 0.197. The molecule has 0 fully saturated rings. The van der Waals surface area contributed by atoms with Crippen LogP contribution in [-0.2, 0) is 6.54 Å². The molecule has 3 rings (SSSR count). The highest BCUT2D eigenvalue weighted by molar-refractivity contribution is 7.13. The summed E-state index contributed by atoms with van der Waals surface area (Å²) in [5.41, 5.74) is 9.59. The summed E-state index contributed by atoms with van der Waals surface area (Å²) in [6.45, 7) is 2.34. The van der Waals surface area contributed by atoms with Crippen molar-refractivity contribution in [2.75, 3.05) is 5.73 Å². The summed E-state index contributed by atoms with van der Waals surface area (Å²) in [6, 6.07) is 7.90. The molecule has 0 saturated heterocycles. The second-order valence-corrected chi connectivity index (χ2v) is 5.78. The van der Waals surface area contributed by atoms with Crippen LogP contribution in [-0.4, -0.2) is 21.1 Å². The van der Waals surface area contributed by atoms with E-state index in [0.717, 1.165) is 16.8 Å². The Hall–Kier alpha value is -2.67. The van der Waals surface area contributed by atoms with Gasteiger partial charge in [0.25, 0.3) is 5.91 Å². The second kappa shape index (κ2) is 5.98. The molecule has 6 nitrogen and oxygen atoms in total. The normalized spacial score (nSPS) is 10.6. The number of aromatic amines is 1. The minimum atomic E-state index is -0.197. The van der Waals surface area contributed by atoms with Gasteiger partial charge in [-0.05, 0) is 13.0 Å². The molecule has 2 aromatic heterocycles. The van der Waals surface area contributed by atoms with Crippen molar-refractivity contribution in [3.63, 3.8) is 0 Å². The number of hydrogen-bond donors (Lipinski definition) is 3. The molecule has 2 heterocycles. The van der Waals surface area contributed by atoms with Gasteiger partial charge < -0.3 is 11.1 Å². The molecule has 0 aliphatic rings. The van der Waals surface area contributed by atoms with Gasteiger partial charge in [0.2, 0.25) is 0 Å². The van der Waals surface area contributed by atoms with Crippen molar-refractivity contribution in [3.05, 3.63) is 52.7 Å². The van der Waals surface area contributed by atoms with Crippen LogP contribution < -0.4 is 11.1 Å². The molecule has 4 N–H and O–H groups in total. The van der Waals surface area contributed by atoms with Gasteiger partial charge in [0.1, 0.15) is 0 Å². The third-order valence-corrected chi connectivity index (χ3v) is 3.91. The topological polar surface area (TPSA) is 96.7 Å². The number of aryl methyl sites for hydroxylation is 1. The van der Waals surface area contributed by atoms with Crippen LogP contribution in [0.15, 0.2) is 35.8 Å². The van der Waals surface area contributed by atoms with E-state index in [0.29, 0.717) is 22.9 Å². The molecule has 22 heavy (non-hydrogen) atoms. The van der Waals surface area contributed by atoms with E-state index in [1.54, 1.807) is 0 Å². The number of nitrogens with zero attached hydrogens (tertiary/aromatic N) is 2. The monoisotopic (exact) mass is 313 g/mol.